The summed E-state index contributed by atoms with van der Waals surface area (Å²) < 4.78 is 15.3. The van der Waals surface area contributed by atoms with Crippen molar-refractivity contribution < 1.29 is 24.0 Å². The van der Waals surface area contributed by atoms with Gasteiger partial charge < -0.3 is 10.00 Å². The van der Waals surface area contributed by atoms with E-state index < -0.39 is 19.2 Å². The zero-order chi connectivity index (χ0) is 11.2. The van der Waals surface area contributed by atoms with Crippen LogP contribution in [-0.4, -0.2) is 21.6 Å². The van der Waals surface area contributed by atoms with Crippen molar-refractivity contribution >= 4 is 13.6 Å². The molecule has 7 heteroatoms. The first kappa shape index (κ1) is 13.6. The predicted octanol–water partition coefficient (Wildman–Crippen LogP) is 1.10. The summed E-state index contributed by atoms with van der Waals surface area (Å²) in [4.78, 5) is 19.4. The third kappa shape index (κ3) is 4.72. The Morgan fingerprint density at radius 3 is 2.57 bits per heavy atom. The highest BCUT2D eigenvalue weighted by Crippen LogP contribution is 2.49. The van der Waals surface area contributed by atoms with Gasteiger partial charge in [-0.15, -0.1) is 0 Å². The van der Waals surface area contributed by atoms with Crippen molar-refractivity contribution in [3.63, 3.8) is 0 Å². The molecule has 0 aliphatic heterocycles. The number of aliphatic carboxylic acids is 1. The Morgan fingerprint density at radius 2 is 2.21 bits per heavy atom. The van der Waals surface area contributed by atoms with Crippen molar-refractivity contribution in [3.8, 4) is 0 Å². The van der Waals surface area contributed by atoms with E-state index in [1.54, 1.807) is 6.92 Å². The van der Waals surface area contributed by atoms with Gasteiger partial charge >= 0.3 is 13.6 Å². The number of carboxylic acids is 1. The van der Waals surface area contributed by atoms with Gasteiger partial charge in [0.05, 0.1) is 5.66 Å². The lowest BCUT2D eigenvalue weighted by molar-refractivity contribution is -0.137. The molecule has 14 heavy (non-hydrogen) atoms. The molecule has 0 aromatic heterocycles. The monoisotopic (exact) mass is 225 g/mol. The summed E-state index contributed by atoms with van der Waals surface area (Å²) in [5, 5.41) is 8.37. The van der Waals surface area contributed by atoms with Crippen LogP contribution >= 0.6 is 7.60 Å². The molecule has 0 spiro atoms. The zero-order valence-electron chi connectivity index (χ0n) is 8.05. The third-order valence-electron chi connectivity index (χ3n) is 2.01. The first-order valence-electron chi connectivity index (χ1n) is 4.36. The Kier molecular flexibility index (Phi) is 5.95. The van der Waals surface area contributed by atoms with Gasteiger partial charge in [0, 0.05) is 6.42 Å². The molecule has 0 amide bonds. The minimum Gasteiger partial charge on any atom is -0.481 e. The van der Waals surface area contributed by atoms with E-state index in [1.165, 1.54) is 0 Å². The van der Waals surface area contributed by atoms with Crippen LogP contribution in [0.5, 0.6) is 0 Å². The van der Waals surface area contributed by atoms with Gasteiger partial charge in [0.15, 0.2) is 0 Å². The fraction of sp³-hybridized carbons (Fsp3) is 0.857. The molecular formula is C7H16NO5P. The fourth-order valence-corrected chi connectivity index (χ4v) is 2.32. The molecule has 0 bridgehead atoms. The SMILES string of the molecule is CCC(CCCC(=O)O)P(=O)(O)ON. The Labute approximate surface area is 82.5 Å². The maximum absolute atomic E-state index is 11.3. The minimum absolute atomic E-state index is 0.0128. The van der Waals surface area contributed by atoms with E-state index in [0.29, 0.717) is 19.3 Å². The predicted molar refractivity (Wildman–Crippen MR) is 50.7 cm³/mol. The fourth-order valence-electron chi connectivity index (χ4n) is 1.17. The summed E-state index contributed by atoms with van der Waals surface area (Å²) in [7, 11) is -3.76. The lowest BCUT2D eigenvalue weighted by atomic mass is 10.1. The average molecular weight is 225 g/mol. The summed E-state index contributed by atoms with van der Waals surface area (Å²) in [5.41, 5.74) is -0.577. The molecular weight excluding hydrogens is 209 g/mol. The molecule has 6 nitrogen and oxygen atoms in total. The minimum atomic E-state index is -3.76. The second kappa shape index (κ2) is 6.14. The number of nitrogens with two attached hydrogens (primary N) is 1. The molecule has 2 unspecified atom stereocenters. The smallest absolute Gasteiger partial charge is 0.347 e. The molecule has 0 rings (SSSR count). The van der Waals surface area contributed by atoms with Gasteiger partial charge in [0.1, 0.15) is 0 Å². The van der Waals surface area contributed by atoms with Crippen LogP contribution in [0.3, 0.4) is 0 Å². The summed E-state index contributed by atoms with van der Waals surface area (Å²) in [6.45, 7) is 1.73. The Balaban J connectivity index is 4.04. The lowest BCUT2D eigenvalue weighted by Gasteiger charge is -2.18. The van der Waals surface area contributed by atoms with Crippen LogP contribution in [0.15, 0.2) is 0 Å². The highest BCUT2D eigenvalue weighted by Gasteiger charge is 2.29. The van der Waals surface area contributed by atoms with E-state index in [2.05, 4.69) is 10.5 Å². The van der Waals surface area contributed by atoms with Gasteiger partial charge in [-0.05, 0) is 19.3 Å². The Hall–Kier alpha value is -0.420. The molecule has 0 aliphatic rings. The molecule has 0 aromatic carbocycles. The van der Waals surface area contributed by atoms with Crippen LogP contribution < -0.4 is 5.90 Å². The summed E-state index contributed by atoms with van der Waals surface area (Å²) in [6, 6.07) is 0. The number of carboxylic acid groups (broad SMARTS) is 1. The molecule has 0 saturated heterocycles. The van der Waals surface area contributed by atoms with Crippen molar-refractivity contribution in [2.75, 3.05) is 0 Å². The van der Waals surface area contributed by atoms with E-state index in [9.17, 15) is 14.3 Å². The van der Waals surface area contributed by atoms with Crippen molar-refractivity contribution in [1.29, 1.82) is 0 Å². The number of rotatable bonds is 7. The largest absolute Gasteiger partial charge is 0.481 e. The highest BCUT2D eigenvalue weighted by molar-refractivity contribution is 7.53. The van der Waals surface area contributed by atoms with Gasteiger partial charge in [0.25, 0.3) is 0 Å². The number of hydrogen-bond acceptors (Lipinski definition) is 4. The lowest BCUT2D eigenvalue weighted by Crippen LogP contribution is -2.13. The third-order valence-corrected chi connectivity index (χ3v) is 3.86. The molecule has 2 atom stereocenters. The van der Waals surface area contributed by atoms with Crippen LogP contribution in [0.1, 0.15) is 32.6 Å². The van der Waals surface area contributed by atoms with Gasteiger partial charge in [-0.25, -0.2) is 10.5 Å². The van der Waals surface area contributed by atoms with Crippen LogP contribution in [0.4, 0.5) is 0 Å². The molecule has 0 heterocycles. The summed E-state index contributed by atoms with van der Waals surface area (Å²) in [6.07, 6.45) is 1.10. The molecule has 0 aromatic rings. The maximum Gasteiger partial charge on any atom is 0.347 e. The normalized spacial score (nSPS) is 17.4. The first-order valence-corrected chi connectivity index (χ1v) is 6.01. The van der Waals surface area contributed by atoms with E-state index in [-0.39, 0.29) is 6.42 Å². The van der Waals surface area contributed by atoms with Crippen molar-refractivity contribution in [2.24, 2.45) is 5.90 Å². The summed E-state index contributed by atoms with van der Waals surface area (Å²) >= 11 is 0. The van der Waals surface area contributed by atoms with E-state index in [0.717, 1.165) is 0 Å². The second-order valence-corrected chi connectivity index (χ2v) is 5.09. The average Bonchev–Trinajstić information content (AvgIpc) is 2.11. The van der Waals surface area contributed by atoms with E-state index >= 15 is 0 Å². The van der Waals surface area contributed by atoms with Crippen LogP contribution in [-0.2, 0) is 14.0 Å². The molecule has 4 N–H and O–H groups in total. The molecule has 0 saturated carbocycles. The Bertz CT molecular complexity index is 232. The zero-order valence-corrected chi connectivity index (χ0v) is 8.94. The highest BCUT2D eigenvalue weighted by atomic mass is 31.2. The Morgan fingerprint density at radius 1 is 1.64 bits per heavy atom. The topological polar surface area (TPSA) is 110 Å². The molecule has 0 radical (unpaired) electrons. The van der Waals surface area contributed by atoms with E-state index in [4.69, 9.17) is 5.11 Å². The quantitative estimate of drug-likeness (QED) is 0.442. The van der Waals surface area contributed by atoms with Crippen molar-refractivity contribution in [2.45, 2.75) is 38.3 Å². The van der Waals surface area contributed by atoms with Gasteiger partial charge in [-0.2, -0.15) is 0 Å². The van der Waals surface area contributed by atoms with Crippen LogP contribution in [0, 0.1) is 0 Å². The summed E-state index contributed by atoms with van der Waals surface area (Å²) in [5.74, 6) is 3.77. The first-order chi connectivity index (χ1) is 6.44. The number of carbonyl (C=O) groups is 1. The molecule has 84 valence electrons. The van der Waals surface area contributed by atoms with Gasteiger partial charge in [-0.3, -0.25) is 9.36 Å². The maximum atomic E-state index is 11.3. The standard InChI is InChI=1S/C7H16NO5P/c1-2-6(14(11,12)13-8)4-3-5-7(9)10/h6H,2-5,8H2,1H3,(H,9,10)(H,11,12). The second-order valence-electron chi connectivity index (χ2n) is 3.02. The molecule has 0 aliphatic carbocycles. The van der Waals surface area contributed by atoms with Crippen LogP contribution in [0.25, 0.3) is 0 Å². The molecule has 0 fully saturated rings. The van der Waals surface area contributed by atoms with E-state index in [1.807, 2.05) is 0 Å². The van der Waals surface area contributed by atoms with Gasteiger partial charge in [-0.1, -0.05) is 6.92 Å². The van der Waals surface area contributed by atoms with Crippen molar-refractivity contribution in [1.82, 2.24) is 0 Å². The van der Waals surface area contributed by atoms with Crippen molar-refractivity contribution in [3.05, 3.63) is 0 Å². The number of hydrogen-bond donors (Lipinski definition) is 3. The van der Waals surface area contributed by atoms with Gasteiger partial charge in [0.2, 0.25) is 0 Å². The van der Waals surface area contributed by atoms with Crippen LogP contribution in [0.2, 0.25) is 0 Å².